The quantitative estimate of drug-likeness (QED) is 0.0908. The highest BCUT2D eigenvalue weighted by Gasteiger charge is 2.25. The molecule has 1 saturated heterocycles. The maximum atomic E-state index is 14.4. The van der Waals surface area contributed by atoms with Gasteiger partial charge < -0.3 is 46.8 Å². The van der Waals surface area contributed by atoms with Crippen LogP contribution < -0.4 is 48.1 Å². The topological polar surface area (TPSA) is 305 Å². The molecule has 0 aliphatic carbocycles. The molecule has 0 atom stereocenters. The third-order valence-electron chi connectivity index (χ3n) is 11.2. The van der Waals surface area contributed by atoms with Crippen LogP contribution in [-0.2, 0) is 31.5 Å². The molecule has 3 aromatic carbocycles. The monoisotopic (exact) mass is 952 g/mol. The number of nitrogens with zero attached hydrogens (tertiary/aromatic N) is 7. The number of rotatable bonds is 12. The van der Waals surface area contributed by atoms with Gasteiger partial charge in [0, 0.05) is 63.5 Å². The Morgan fingerprint density at radius 1 is 0.800 bits per heavy atom. The van der Waals surface area contributed by atoms with Crippen molar-refractivity contribution in [1.82, 2.24) is 60.3 Å². The molecular formula is C46H41FN14O9. The maximum absolute atomic E-state index is 14.4. The zero-order valence-corrected chi connectivity index (χ0v) is 37.2. The Kier molecular flexibility index (Phi) is 12.5. The number of benzene rings is 3. The number of primary amides is 1. The fourth-order valence-electron chi connectivity index (χ4n) is 7.46. The first kappa shape index (κ1) is 45.8. The number of ether oxygens (including phenoxy) is 1. The molecule has 0 spiro atoms. The number of anilines is 1. The maximum Gasteiger partial charge on any atom is 0.419 e. The lowest BCUT2D eigenvalue weighted by Crippen LogP contribution is -2.57. The lowest BCUT2D eigenvalue weighted by Gasteiger charge is -2.27. The average molecular weight is 953 g/mol. The van der Waals surface area contributed by atoms with Crippen molar-refractivity contribution in [1.29, 1.82) is 0 Å². The molecule has 23 nitrogen and oxygen atoms in total. The van der Waals surface area contributed by atoms with Crippen LogP contribution in [0.2, 0.25) is 0 Å². The first-order chi connectivity index (χ1) is 33.7. The minimum Gasteiger partial charge on any atom is -0.482 e. The fraction of sp³-hybridized carbons (Fsp3) is 0.196. The predicted molar refractivity (Wildman–Crippen MR) is 245 cm³/mol. The molecule has 1 fully saturated rings. The molecule has 0 unspecified atom stereocenters. The number of fused-ring (bicyclic) bond motifs is 4. The van der Waals surface area contributed by atoms with Crippen molar-refractivity contribution >= 4 is 63.5 Å². The van der Waals surface area contributed by atoms with Crippen molar-refractivity contribution in [2.75, 3.05) is 25.0 Å². The summed E-state index contributed by atoms with van der Waals surface area (Å²) in [5, 5.41) is 24.8. The number of aromatic nitrogens is 7. The number of halogens is 1. The van der Waals surface area contributed by atoms with Crippen LogP contribution in [0.3, 0.4) is 0 Å². The standard InChI is InChI=1S/C26H22FN7O5.C20H19N7O4/c1-13-2-4-15(16(6-13)23(28)36)10-30-26(38)20-8-19(33-24-17(27)11-31-34(20)24)25(37)29-9-14-3-5-21-18(7-14)32-22(35)12-39-21;1-26-14-6-11(2-3-16(14)31-20(26)30)8-22-18(28)13-7-15(19(29)24-12-9-21-10-12)27-17(25-13)4-5-23-27/h2-8,11H,9-10,12H2,1H3,(H2,28,36)(H,29,37)(H,30,38)(H,32,35);2-7,12,21H,8-10H2,1H3,(H,22,28)(H,24,29). The second kappa shape index (κ2) is 19.1. The van der Waals surface area contributed by atoms with Crippen molar-refractivity contribution in [2.45, 2.75) is 32.6 Å². The molecular weight excluding hydrogens is 912 g/mol. The summed E-state index contributed by atoms with van der Waals surface area (Å²) in [5.41, 5.74) is 10.2. The molecule has 7 heterocycles. The summed E-state index contributed by atoms with van der Waals surface area (Å²) in [6.07, 6.45) is 2.41. The Hall–Kier alpha value is -9.32. The van der Waals surface area contributed by atoms with E-state index >= 15 is 0 Å². The van der Waals surface area contributed by atoms with Gasteiger partial charge in [0.25, 0.3) is 29.5 Å². The lowest BCUT2D eigenvalue weighted by molar-refractivity contribution is -0.118. The molecule has 70 heavy (non-hydrogen) atoms. The smallest absolute Gasteiger partial charge is 0.419 e. The molecule has 2 aliphatic heterocycles. The Morgan fingerprint density at radius 2 is 1.50 bits per heavy atom. The van der Waals surface area contributed by atoms with E-state index in [-0.39, 0.29) is 78.1 Å². The van der Waals surface area contributed by atoms with Gasteiger partial charge in [0.2, 0.25) is 5.91 Å². The minimum absolute atomic E-state index is 0.0505. The van der Waals surface area contributed by atoms with E-state index in [9.17, 15) is 38.0 Å². The number of hydrogen-bond acceptors (Lipinski definition) is 14. The van der Waals surface area contributed by atoms with E-state index in [1.165, 1.54) is 27.4 Å². The highest BCUT2D eigenvalue weighted by Crippen LogP contribution is 2.28. The molecule has 5 aromatic heterocycles. The SMILES string of the molecule is Cc1ccc(CNC(=O)c2cc(C(=O)NCc3ccc4c(c3)NC(=O)CO4)nc3c(F)cnn23)c(C(N)=O)c1.Cn1c(=O)oc2ccc(CNC(=O)c3cc(C(=O)NC4CNC4)n4nccc4n3)cc21. The lowest BCUT2D eigenvalue weighted by atomic mass is 10.0. The van der Waals surface area contributed by atoms with Crippen LogP contribution in [0.25, 0.3) is 22.4 Å². The zero-order valence-electron chi connectivity index (χ0n) is 37.2. The summed E-state index contributed by atoms with van der Waals surface area (Å²) in [6, 6.07) is 19.6. The van der Waals surface area contributed by atoms with Gasteiger partial charge in [0.1, 0.15) is 28.5 Å². The van der Waals surface area contributed by atoms with E-state index in [1.54, 1.807) is 74.6 Å². The largest absolute Gasteiger partial charge is 0.482 e. The van der Waals surface area contributed by atoms with Crippen LogP contribution in [0.4, 0.5) is 10.1 Å². The molecule has 6 amide bonds. The van der Waals surface area contributed by atoms with Crippen LogP contribution in [0.15, 0.2) is 94.4 Å². The number of hydrogen-bond donors (Lipinski definition) is 7. The Labute approximate surface area is 393 Å². The second-order valence-corrected chi connectivity index (χ2v) is 16.2. The van der Waals surface area contributed by atoms with Gasteiger partial charge in [-0.1, -0.05) is 29.8 Å². The molecule has 24 heteroatoms. The van der Waals surface area contributed by atoms with Crippen LogP contribution in [-0.4, -0.2) is 94.9 Å². The predicted octanol–water partition coefficient (Wildman–Crippen LogP) is 1.27. The van der Waals surface area contributed by atoms with Gasteiger partial charge in [0.15, 0.2) is 29.3 Å². The van der Waals surface area contributed by atoms with Crippen LogP contribution in [0, 0.1) is 12.7 Å². The van der Waals surface area contributed by atoms with Crippen molar-refractivity contribution in [3.8, 4) is 5.75 Å². The zero-order chi connectivity index (χ0) is 49.2. The van der Waals surface area contributed by atoms with E-state index in [0.29, 0.717) is 52.4 Å². The van der Waals surface area contributed by atoms with Gasteiger partial charge in [-0.3, -0.25) is 33.3 Å². The number of amides is 6. The summed E-state index contributed by atoms with van der Waals surface area (Å²) in [7, 11) is 1.62. The third kappa shape index (κ3) is 9.59. The van der Waals surface area contributed by atoms with Gasteiger partial charge in [-0.25, -0.2) is 28.2 Å². The molecule has 0 saturated carbocycles. The van der Waals surface area contributed by atoms with Crippen molar-refractivity contribution in [3.63, 3.8) is 0 Å². The van der Waals surface area contributed by atoms with E-state index in [0.717, 1.165) is 21.8 Å². The van der Waals surface area contributed by atoms with E-state index < -0.39 is 35.2 Å². The van der Waals surface area contributed by atoms with Gasteiger partial charge >= 0.3 is 5.76 Å². The Morgan fingerprint density at radius 3 is 2.23 bits per heavy atom. The van der Waals surface area contributed by atoms with Crippen molar-refractivity contribution < 1.29 is 42.3 Å². The summed E-state index contributed by atoms with van der Waals surface area (Å²) in [5.74, 6) is -3.78. The van der Waals surface area contributed by atoms with Gasteiger partial charge in [-0.15, -0.1) is 0 Å². The highest BCUT2D eigenvalue weighted by molar-refractivity contribution is 6.00. The first-order valence-electron chi connectivity index (χ1n) is 21.5. The summed E-state index contributed by atoms with van der Waals surface area (Å²) in [4.78, 5) is 94.8. The Bertz CT molecular complexity index is 3500. The molecule has 0 radical (unpaired) electrons. The molecule has 8 N–H and O–H groups in total. The van der Waals surface area contributed by atoms with Gasteiger partial charge in [-0.2, -0.15) is 10.2 Å². The normalized spacial score (nSPS) is 13.0. The van der Waals surface area contributed by atoms with Crippen molar-refractivity contribution in [3.05, 3.63) is 152 Å². The number of nitrogens with one attached hydrogen (secondary N) is 6. The summed E-state index contributed by atoms with van der Waals surface area (Å²) in [6.45, 7) is 3.37. The number of aryl methyl sites for hydroxylation is 2. The second-order valence-electron chi connectivity index (χ2n) is 16.2. The Balaban J connectivity index is 0.000000178. The van der Waals surface area contributed by atoms with Crippen LogP contribution in [0.1, 0.15) is 74.6 Å². The minimum atomic E-state index is -0.821. The number of nitrogens with two attached hydrogens (primary N) is 1. The van der Waals surface area contributed by atoms with E-state index in [1.807, 2.05) is 0 Å². The number of oxazole rings is 1. The summed E-state index contributed by atoms with van der Waals surface area (Å²) >= 11 is 0. The average Bonchev–Trinajstić information content (AvgIpc) is 4.06. The summed E-state index contributed by atoms with van der Waals surface area (Å²) < 4.78 is 28.6. The third-order valence-corrected chi connectivity index (χ3v) is 11.2. The van der Waals surface area contributed by atoms with Gasteiger partial charge in [0.05, 0.1) is 29.6 Å². The molecule has 0 bridgehead atoms. The molecule has 8 aromatic rings. The molecule has 10 rings (SSSR count). The number of carbonyl (C=O) groups excluding carboxylic acids is 6. The first-order valence-corrected chi connectivity index (χ1v) is 21.5. The van der Waals surface area contributed by atoms with Gasteiger partial charge in [-0.05, 0) is 53.9 Å². The molecule has 356 valence electrons. The highest BCUT2D eigenvalue weighted by atomic mass is 19.1. The molecule has 2 aliphatic rings. The fourth-order valence-corrected chi connectivity index (χ4v) is 7.46. The van der Waals surface area contributed by atoms with Crippen molar-refractivity contribution in [2.24, 2.45) is 12.8 Å². The van der Waals surface area contributed by atoms with E-state index in [4.69, 9.17) is 14.9 Å². The van der Waals surface area contributed by atoms with Crippen LogP contribution in [0.5, 0.6) is 5.75 Å². The van der Waals surface area contributed by atoms with Crippen LogP contribution >= 0.6 is 0 Å². The number of carbonyl (C=O) groups is 6. The van der Waals surface area contributed by atoms with E-state index in [2.05, 4.69) is 52.1 Å².